The van der Waals surface area contributed by atoms with Gasteiger partial charge in [-0.05, 0) is 25.3 Å². The fourth-order valence-electron chi connectivity index (χ4n) is 2.81. The Labute approximate surface area is 166 Å². The average Bonchev–Trinajstić information content (AvgIpc) is 2.64. The Morgan fingerprint density at radius 2 is 1.85 bits per heavy atom. The predicted octanol–water partition coefficient (Wildman–Crippen LogP) is 5.39. The molecule has 0 saturated heterocycles. The second kappa shape index (κ2) is 15.8. The van der Waals surface area contributed by atoms with Crippen molar-refractivity contribution in [2.24, 2.45) is 4.99 Å². The van der Waals surface area contributed by atoms with E-state index < -0.39 is 0 Å². The first-order valence-electron chi connectivity index (χ1n) is 9.79. The van der Waals surface area contributed by atoms with E-state index in [0.29, 0.717) is 5.84 Å². The van der Waals surface area contributed by atoms with Crippen molar-refractivity contribution >= 4 is 13.3 Å². The highest BCUT2D eigenvalue weighted by Crippen LogP contribution is 2.19. The maximum absolute atomic E-state index is 9.80. The molecule has 27 heavy (non-hydrogen) atoms. The third kappa shape index (κ3) is 10.3. The van der Waals surface area contributed by atoms with Gasteiger partial charge in [0.1, 0.15) is 11.6 Å². The summed E-state index contributed by atoms with van der Waals surface area (Å²) in [6, 6.07) is 0. The van der Waals surface area contributed by atoms with E-state index in [1.165, 1.54) is 38.3 Å². The first-order chi connectivity index (χ1) is 13.0. The molecular weight excluding hydrogens is 333 g/mol. The molecule has 0 radical (unpaired) electrons. The molecule has 0 aliphatic carbocycles. The van der Waals surface area contributed by atoms with Gasteiger partial charge in [0, 0.05) is 24.0 Å². The number of aliphatic hydroxyl groups excluding tert-OH is 1. The first kappa shape index (κ1) is 24.6. The Balaban J connectivity index is 5.54. The van der Waals surface area contributed by atoms with Crippen molar-refractivity contribution in [1.82, 2.24) is 10.1 Å². The molecule has 0 aromatic heterocycles. The number of hydrogen-bond donors (Lipinski definition) is 2. The third-order valence-corrected chi connectivity index (χ3v) is 4.08. The number of aliphatic imine (C=N–C) groups is 1. The molecular formula is C22H36BN3O. The summed E-state index contributed by atoms with van der Waals surface area (Å²) in [6.07, 6.45) is 15.7. The summed E-state index contributed by atoms with van der Waals surface area (Å²) >= 11 is 0. The van der Waals surface area contributed by atoms with Gasteiger partial charge >= 0.3 is 0 Å². The summed E-state index contributed by atoms with van der Waals surface area (Å²) in [5.74, 6) is 0.503. The van der Waals surface area contributed by atoms with Gasteiger partial charge in [0.2, 0.25) is 7.41 Å². The highest BCUT2D eigenvalue weighted by molar-refractivity contribution is 6.33. The van der Waals surface area contributed by atoms with Crippen molar-refractivity contribution < 1.29 is 5.11 Å². The normalized spacial score (nSPS) is 12.3. The number of nitrogens with zero attached hydrogens (tertiary/aromatic N) is 2. The van der Waals surface area contributed by atoms with E-state index in [9.17, 15) is 5.11 Å². The molecule has 0 aromatic carbocycles. The largest absolute Gasteiger partial charge is 0.509 e. The number of unbranched alkanes of at least 4 members (excludes halogenated alkanes) is 4. The number of allylic oxidation sites excluding steroid dienone is 3. The number of rotatable bonds is 15. The van der Waals surface area contributed by atoms with Gasteiger partial charge in [-0.25, -0.2) is 4.99 Å². The van der Waals surface area contributed by atoms with Crippen LogP contribution in [0.5, 0.6) is 0 Å². The third-order valence-electron chi connectivity index (χ3n) is 4.08. The Kier molecular flexibility index (Phi) is 14.4. The van der Waals surface area contributed by atoms with Crippen LogP contribution < -0.4 is 5.32 Å². The summed E-state index contributed by atoms with van der Waals surface area (Å²) in [7, 11) is 0.924. The van der Waals surface area contributed by atoms with Crippen LogP contribution in [0.15, 0.2) is 79.0 Å². The number of aliphatic hydroxyl groups is 1. The Morgan fingerprint density at radius 3 is 2.37 bits per heavy atom. The molecule has 148 valence electrons. The summed E-state index contributed by atoms with van der Waals surface area (Å²) in [6.45, 7) is 20.0. The fraction of sp³-hybridized carbons (Fsp3) is 0.409. The summed E-state index contributed by atoms with van der Waals surface area (Å²) in [4.78, 5) is 6.56. The second-order valence-corrected chi connectivity index (χ2v) is 6.19. The van der Waals surface area contributed by atoms with Crippen molar-refractivity contribution in [1.29, 1.82) is 0 Å². The van der Waals surface area contributed by atoms with Gasteiger partial charge in [-0.2, -0.15) is 0 Å². The van der Waals surface area contributed by atoms with Crippen LogP contribution in [0.25, 0.3) is 0 Å². The van der Waals surface area contributed by atoms with E-state index in [-0.39, 0.29) is 5.76 Å². The fourth-order valence-corrected chi connectivity index (χ4v) is 2.81. The molecule has 0 aliphatic heterocycles. The van der Waals surface area contributed by atoms with Crippen LogP contribution in [0, 0.1) is 0 Å². The Bertz CT molecular complexity index is 576. The minimum absolute atomic E-state index is 0.0433. The number of hydrogen-bond acceptors (Lipinski definition) is 3. The van der Waals surface area contributed by atoms with Crippen LogP contribution in [-0.2, 0) is 0 Å². The summed E-state index contributed by atoms with van der Waals surface area (Å²) < 4.78 is 0. The highest BCUT2D eigenvalue weighted by atomic mass is 16.3. The van der Waals surface area contributed by atoms with Crippen molar-refractivity contribution in [3.8, 4) is 0 Å². The standard InChI is InChI=1S/C22H36BN3O/c1-7-12-13-14-15-17-23-26(11-5)21(16-8-2)20(18-19(6)27)22(24-9-3)25-10-4/h8-10,16,18,23,27H,2-4,6-7,11-15,17H2,1,5H3,(H,24,25)/b20-18+,21-16+. The molecule has 0 aliphatic rings. The summed E-state index contributed by atoms with van der Waals surface area (Å²) in [5, 5.41) is 12.8. The lowest BCUT2D eigenvalue weighted by molar-refractivity contribution is 0.434. The van der Waals surface area contributed by atoms with Crippen LogP contribution in [0.1, 0.15) is 46.0 Å². The van der Waals surface area contributed by atoms with Crippen molar-refractivity contribution in [3.63, 3.8) is 0 Å². The molecule has 0 bridgehead atoms. The van der Waals surface area contributed by atoms with Crippen LogP contribution in [0.4, 0.5) is 0 Å². The van der Waals surface area contributed by atoms with Gasteiger partial charge in [-0.15, -0.1) is 0 Å². The molecule has 0 amide bonds. The Hall–Kier alpha value is -2.43. The van der Waals surface area contributed by atoms with Crippen LogP contribution in [0.3, 0.4) is 0 Å². The van der Waals surface area contributed by atoms with Gasteiger partial charge in [0.15, 0.2) is 0 Å². The Morgan fingerprint density at radius 1 is 1.15 bits per heavy atom. The lowest BCUT2D eigenvalue weighted by Gasteiger charge is -2.28. The van der Waals surface area contributed by atoms with Crippen LogP contribution in [-0.4, -0.2) is 29.7 Å². The van der Waals surface area contributed by atoms with E-state index in [1.54, 1.807) is 18.4 Å². The van der Waals surface area contributed by atoms with E-state index in [4.69, 9.17) is 0 Å². The number of likely N-dealkylation sites (N-methyl/N-ethyl adjacent to an activating group) is 1. The summed E-state index contributed by atoms with van der Waals surface area (Å²) in [5.41, 5.74) is 1.64. The zero-order valence-corrected chi connectivity index (χ0v) is 17.2. The highest BCUT2D eigenvalue weighted by Gasteiger charge is 2.17. The van der Waals surface area contributed by atoms with E-state index in [2.05, 4.69) is 55.3 Å². The monoisotopic (exact) mass is 369 g/mol. The van der Waals surface area contributed by atoms with E-state index >= 15 is 0 Å². The molecule has 0 spiro atoms. The molecule has 5 heteroatoms. The molecule has 0 atom stereocenters. The number of nitrogens with one attached hydrogen (secondary N) is 1. The zero-order valence-electron chi connectivity index (χ0n) is 17.2. The molecule has 2 N–H and O–H groups in total. The molecule has 4 nitrogen and oxygen atoms in total. The lowest BCUT2D eigenvalue weighted by atomic mass is 9.81. The van der Waals surface area contributed by atoms with Gasteiger partial charge in [-0.1, -0.05) is 77.7 Å². The second-order valence-electron chi connectivity index (χ2n) is 6.19. The minimum atomic E-state index is -0.0433. The quantitative estimate of drug-likeness (QED) is 0.102. The van der Waals surface area contributed by atoms with Crippen LogP contribution in [0.2, 0.25) is 6.32 Å². The van der Waals surface area contributed by atoms with Crippen molar-refractivity contribution in [3.05, 3.63) is 74.0 Å². The van der Waals surface area contributed by atoms with E-state index in [0.717, 1.165) is 31.5 Å². The first-order valence-corrected chi connectivity index (χ1v) is 9.79. The molecule has 0 rings (SSSR count). The molecule has 0 saturated carbocycles. The zero-order chi connectivity index (χ0) is 20.5. The number of amidine groups is 1. The van der Waals surface area contributed by atoms with Crippen molar-refractivity contribution in [2.45, 2.75) is 52.3 Å². The average molecular weight is 369 g/mol. The van der Waals surface area contributed by atoms with Crippen LogP contribution >= 0.6 is 0 Å². The smallest absolute Gasteiger partial charge is 0.236 e. The van der Waals surface area contributed by atoms with Gasteiger partial charge in [-0.3, -0.25) is 0 Å². The topological polar surface area (TPSA) is 47.9 Å². The molecule has 0 unspecified atom stereocenters. The molecule has 0 heterocycles. The van der Waals surface area contributed by atoms with Crippen molar-refractivity contribution in [2.75, 3.05) is 6.54 Å². The SMILES string of the molecule is C=C\C=C(C(=C\C(=C)O)/C(=N/C=C)NC=C)\N(BCCCCCCC)CC. The maximum Gasteiger partial charge on any atom is 0.236 e. The predicted molar refractivity (Wildman–Crippen MR) is 122 cm³/mol. The molecule has 0 fully saturated rings. The minimum Gasteiger partial charge on any atom is -0.509 e. The molecule has 0 aromatic rings. The van der Waals surface area contributed by atoms with Gasteiger partial charge in [0.25, 0.3) is 0 Å². The van der Waals surface area contributed by atoms with Gasteiger partial charge in [0.05, 0.1) is 0 Å². The van der Waals surface area contributed by atoms with Gasteiger partial charge < -0.3 is 15.2 Å². The lowest BCUT2D eigenvalue weighted by Crippen LogP contribution is -2.32. The van der Waals surface area contributed by atoms with E-state index in [1.807, 2.05) is 6.08 Å². The maximum atomic E-state index is 9.80.